The van der Waals surface area contributed by atoms with Crippen LogP contribution in [0.15, 0.2) is 36.5 Å². The largest absolute Gasteiger partial charge is 0.327 e. The molecule has 1 aromatic heterocycles. The zero-order chi connectivity index (χ0) is 13.8. The second-order valence-electron chi connectivity index (χ2n) is 4.35. The molecule has 0 atom stereocenters. The fourth-order valence-corrected chi connectivity index (χ4v) is 2.38. The normalized spacial score (nSPS) is 10.5. The van der Waals surface area contributed by atoms with Crippen molar-refractivity contribution in [2.24, 2.45) is 0 Å². The van der Waals surface area contributed by atoms with Crippen LogP contribution in [0.2, 0.25) is 5.02 Å². The molecule has 1 heterocycles. The Morgan fingerprint density at radius 3 is 2.47 bits per heavy atom. The summed E-state index contributed by atoms with van der Waals surface area (Å²) >= 11 is 11.9. The van der Waals surface area contributed by atoms with Crippen LogP contribution in [-0.2, 0) is 5.88 Å². The van der Waals surface area contributed by atoms with Crippen molar-refractivity contribution >= 4 is 34.7 Å². The van der Waals surface area contributed by atoms with Crippen LogP contribution in [0.4, 0.5) is 11.5 Å². The highest BCUT2D eigenvalue weighted by molar-refractivity contribution is 6.32. The second-order valence-corrected chi connectivity index (χ2v) is 5.02. The minimum absolute atomic E-state index is 0.389. The molecule has 2 rings (SSSR count). The molecule has 0 fully saturated rings. The summed E-state index contributed by atoms with van der Waals surface area (Å²) in [5.74, 6) is 1.26. The molecule has 0 radical (unpaired) electrons. The summed E-state index contributed by atoms with van der Waals surface area (Å²) < 4.78 is 0. The maximum atomic E-state index is 6.05. The zero-order valence-corrected chi connectivity index (χ0v) is 12.5. The van der Waals surface area contributed by atoms with Crippen molar-refractivity contribution in [1.82, 2.24) is 4.98 Å². The lowest BCUT2D eigenvalue weighted by atomic mass is 10.2. The van der Waals surface area contributed by atoms with Gasteiger partial charge >= 0.3 is 0 Å². The quantitative estimate of drug-likeness (QED) is 0.743. The predicted octanol–water partition coefficient (Wildman–Crippen LogP) is 4.94. The zero-order valence-electron chi connectivity index (χ0n) is 11.0. The van der Waals surface area contributed by atoms with E-state index in [4.69, 9.17) is 23.2 Å². The molecule has 0 aliphatic heterocycles. The monoisotopic (exact) mass is 294 g/mol. The Bertz CT molecular complexity index is 553. The van der Waals surface area contributed by atoms with Gasteiger partial charge in [-0.25, -0.2) is 4.98 Å². The summed E-state index contributed by atoms with van der Waals surface area (Å²) in [5.41, 5.74) is 3.26. The van der Waals surface area contributed by atoms with Gasteiger partial charge in [-0.2, -0.15) is 0 Å². The van der Waals surface area contributed by atoms with E-state index in [1.165, 1.54) is 5.56 Å². The average molecular weight is 295 g/mol. The van der Waals surface area contributed by atoms with Crippen LogP contribution in [0.3, 0.4) is 0 Å². The number of aryl methyl sites for hydroxylation is 1. The Balaban J connectivity index is 2.39. The molecule has 19 heavy (non-hydrogen) atoms. The van der Waals surface area contributed by atoms with Crippen LogP contribution >= 0.6 is 23.2 Å². The standard InChI is InChI=1S/C15H16Cl2N2/c1-3-19(13-6-4-11(2)5-7-13)15-8-12(9-16)14(17)10-18-15/h4-8,10H,3,9H2,1-2H3. The summed E-state index contributed by atoms with van der Waals surface area (Å²) in [6.45, 7) is 5.00. The molecule has 0 N–H and O–H groups in total. The van der Waals surface area contributed by atoms with Crippen molar-refractivity contribution in [3.8, 4) is 0 Å². The number of pyridine rings is 1. The van der Waals surface area contributed by atoms with Gasteiger partial charge in [0, 0.05) is 24.3 Å². The van der Waals surface area contributed by atoms with Crippen molar-refractivity contribution < 1.29 is 0 Å². The first-order chi connectivity index (χ1) is 9.15. The van der Waals surface area contributed by atoms with Gasteiger partial charge in [0.05, 0.1) is 5.02 Å². The van der Waals surface area contributed by atoms with E-state index in [2.05, 4.69) is 48.0 Å². The summed E-state index contributed by atoms with van der Waals surface area (Å²) in [4.78, 5) is 6.52. The van der Waals surface area contributed by atoms with Crippen LogP contribution in [0, 0.1) is 6.92 Å². The first kappa shape index (κ1) is 14.2. The molecule has 100 valence electrons. The maximum absolute atomic E-state index is 6.05. The predicted molar refractivity (Wildman–Crippen MR) is 82.7 cm³/mol. The molecule has 1 aromatic carbocycles. The van der Waals surface area contributed by atoms with Crippen molar-refractivity contribution in [2.45, 2.75) is 19.7 Å². The van der Waals surface area contributed by atoms with E-state index >= 15 is 0 Å². The highest BCUT2D eigenvalue weighted by atomic mass is 35.5. The molecule has 0 spiro atoms. The lowest BCUT2D eigenvalue weighted by Crippen LogP contribution is -2.17. The molecule has 2 aromatic rings. The minimum atomic E-state index is 0.389. The van der Waals surface area contributed by atoms with Crippen LogP contribution in [0.5, 0.6) is 0 Å². The van der Waals surface area contributed by atoms with Gasteiger partial charge in [0.2, 0.25) is 0 Å². The molecular formula is C15H16Cl2N2. The fraction of sp³-hybridized carbons (Fsp3) is 0.267. The van der Waals surface area contributed by atoms with Gasteiger partial charge < -0.3 is 4.90 Å². The Hall–Kier alpha value is -1.25. The fourth-order valence-electron chi connectivity index (χ4n) is 1.92. The van der Waals surface area contributed by atoms with Crippen LogP contribution in [-0.4, -0.2) is 11.5 Å². The van der Waals surface area contributed by atoms with Crippen molar-refractivity contribution in [1.29, 1.82) is 0 Å². The van der Waals surface area contributed by atoms with Gasteiger partial charge in [-0.15, -0.1) is 11.6 Å². The molecule has 0 aliphatic rings. The molecule has 4 heteroatoms. The first-order valence-electron chi connectivity index (χ1n) is 6.20. The van der Waals surface area contributed by atoms with Crippen molar-refractivity contribution in [3.05, 3.63) is 52.7 Å². The Labute approximate surface area is 124 Å². The number of aromatic nitrogens is 1. The molecule has 0 saturated carbocycles. The van der Waals surface area contributed by atoms with E-state index in [1.807, 2.05) is 6.07 Å². The first-order valence-corrected chi connectivity index (χ1v) is 7.11. The van der Waals surface area contributed by atoms with Gasteiger partial charge in [0.15, 0.2) is 0 Å². The highest BCUT2D eigenvalue weighted by Crippen LogP contribution is 2.27. The minimum Gasteiger partial charge on any atom is -0.327 e. The van der Waals surface area contributed by atoms with Crippen molar-refractivity contribution in [3.63, 3.8) is 0 Å². The number of alkyl halides is 1. The van der Waals surface area contributed by atoms with Gasteiger partial charge in [-0.1, -0.05) is 29.3 Å². The van der Waals surface area contributed by atoms with E-state index < -0.39 is 0 Å². The lowest BCUT2D eigenvalue weighted by Gasteiger charge is -2.23. The third-order valence-corrected chi connectivity index (χ3v) is 3.63. The maximum Gasteiger partial charge on any atom is 0.133 e. The topological polar surface area (TPSA) is 16.1 Å². The van der Waals surface area contributed by atoms with E-state index in [1.54, 1.807) is 6.20 Å². The average Bonchev–Trinajstić information content (AvgIpc) is 2.43. The summed E-state index contributed by atoms with van der Waals surface area (Å²) in [5, 5.41) is 0.610. The number of hydrogen-bond acceptors (Lipinski definition) is 2. The third-order valence-electron chi connectivity index (χ3n) is 3.00. The Kier molecular flexibility index (Phi) is 4.67. The molecule has 0 amide bonds. The van der Waals surface area contributed by atoms with Gasteiger partial charge in [-0.3, -0.25) is 0 Å². The van der Waals surface area contributed by atoms with Gasteiger partial charge in [0.25, 0.3) is 0 Å². The SMILES string of the molecule is CCN(c1ccc(C)cc1)c1cc(CCl)c(Cl)cn1. The van der Waals surface area contributed by atoms with Crippen molar-refractivity contribution in [2.75, 3.05) is 11.4 Å². The number of anilines is 2. The number of hydrogen-bond donors (Lipinski definition) is 0. The molecule has 0 aliphatic carbocycles. The number of benzene rings is 1. The molecule has 0 bridgehead atoms. The van der Waals surface area contributed by atoms with Crippen LogP contribution < -0.4 is 4.90 Å². The third kappa shape index (κ3) is 3.20. The van der Waals surface area contributed by atoms with E-state index in [-0.39, 0.29) is 0 Å². The summed E-state index contributed by atoms with van der Waals surface area (Å²) in [6, 6.07) is 10.3. The van der Waals surface area contributed by atoms with E-state index in [0.29, 0.717) is 10.9 Å². The van der Waals surface area contributed by atoms with Crippen LogP contribution in [0.1, 0.15) is 18.1 Å². The summed E-state index contributed by atoms with van der Waals surface area (Å²) in [6.07, 6.45) is 1.66. The van der Waals surface area contributed by atoms with Gasteiger partial charge in [-0.05, 0) is 37.6 Å². The number of rotatable bonds is 4. The van der Waals surface area contributed by atoms with Gasteiger partial charge in [0.1, 0.15) is 5.82 Å². The Morgan fingerprint density at radius 1 is 1.21 bits per heavy atom. The number of halogens is 2. The Morgan fingerprint density at radius 2 is 1.89 bits per heavy atom. The highest BCUT2D eigenvalue weighted by Gasteiger charge is 2.10. The van der Waals surface area contributed by atoms with E-state index in [0.717, 1.165) is 23.6 Å². The molecule has 0 unspecified atom stereocenters. The number of nitrogens with zero attached hydrogens (tertiary/aromatic N) is 2. The molecule has 0 saturated heterocycles. The summed E-state index contributed by atoms with van der Waals surface area (Å²) in [7, 11) is 0. The second kappa shape index (κ2) is 6.27. The smallest absolute Gasteiger partial charge is 0.133 e. The molecule has 2 nitrogen and oxygen atoms in total. The molecular weight excluding hydrogens is 279 g/mol. The van der Waals surface area contributed by atoms with E-state index in [9.17, 15) is 0 Å². The lowest BCUT2D eigenvalue weighted by molar-refractivity contribution is 0.985. The van der Waals surface area contributed by atoms with Crippen LogP contribution in [0.25, 0.3) is 0 Å².